The molecule has 1 unspecified atom stereocenters. The zero-order valence-corrected chi connectivity index (χ0v) is 16.4. The summed E-state index contributed by atoms with van der Waals surface area (Å²) in [7, 11) is 0. The molecule has 0 radical (unpaired) electrons. The number of β-amino-alcohol motifs (C(OH)–C–C–N with tert-alkyl or cyclic N) is 1. The molecule has 28 heavy (non-hydrogen) atoms. The predicted octanol–water partition coefficient (Wildman–Crippen LogP) is 0.505. The average molecular weight is 404 g/mol. The Hall–Kier alpha value is -2.26. The topological polar surface area (TPSA) is 115 Å². The number of aliphatic hydroxyl groups excluding tert-OH is 1. The number of aromatic nitrogens is 2. The molecule has 2 aromatic heterocycles. The first-order chi connectivity index (χ1) is 13.5. The second-order valence-corrected chi connectivity index (χ2v) is 8.53. The number of H-pyrrole nitrogens is 1. The monoisotopic (exact) mass is 404 g/mol. The number of hydrogen-bond acceptors (Lipinski definition) is 6. The van der Waals surface area contributed by atoms with Gasteiger partial charge in [0.25, 0.3) is 5.56 Å². The highest BCUT2D eigenvalue weighted by atomic mass is 32.1. The molecule has 1 aliphatic heterocycles. The number of fused-ring (bicyclic) bond motifs is 3. The largest absolute Gasteiger partial charge is 0.389 e. The number of amides is 2. The van der Waals surface area contributed by atoms with Crippen LogP contribution in [0.2, 0.25) is 0 Å². The molecule has 0 spiro atoms. The van der Waals surface area contributed by atoms with Crippen LogP contribution < -0.4 is 10.9 Å². The number of aryl methyl sites for hydroxylation is 3. The van der Waals surface area contributed by atoms with E-state index in [9.17, 15) is 19.5 Å². The van der Waals surface area contributed by atoms with Crippen molar-refractivity contribution in [3.05, 3.63) is 26.6 Å². The summed E-state index contributed by atoms with van der Waals surface area (Å²) in [6.07, 6.45) is 4.12. The van der Waals surface area contributed by atoms with Crippen LogP contribution in [0.3, 0.4) is 0 Å². The minimum atomic E-state index is -0.784. The lowest BCUT2D eigenvalue weighted by molar-refractivity contribution is -0.128. The summed E-state index contributed by atoms with van der Waals surface area (Å²) in [5.41, 5.74) is 1.02. The van der Waals surface area contributed by atoms with Crippen molar-refractivity contribution in [1.29, 1.82) is 0 Å². The molecule has 1 fully saturated rings. The van der Waals surface area contributed by atoms with Crippen molar-refractivity contribution >= 4 is 33.4 Å². The van der Waals surface area contributed by atoms with Gasteiger partial charge < -0.3 is 20.3 Å². The van der Waals surface area contributed by atoms with Crippen LogP contribution in [0, 0.1) is 0 Å². The maximum absolute atomic E-state index is 12.4. The van der Waals surface area contributed by atoms with E-state index in [-0.39, 0.29) is 36.9 Å². The molecule has 8 nitrogen and oxygen atoms in total. The van der Waals surface area contributed by atoms with Gasteiger partial charge in [0.2, 0.25) is 11.8 Å². The van der Waals surface area contributed by atoms with Crippen molar-refractivity contribution in [2.75, 3.05) is 19.6 Å². The number of aromatic amines is 1. The number of aliphatic hydroxyl groups is 1. The van der Waals surface area contributed by atoms with Crippen LogP contribution in [-0.2, 0) is 28.9 Å². The predicted molar refractivity (Wildman–Crippen MR) is 105 cm³/mol. The Morgan fingerprint density at radius 2 is 2.14 bits per heavy atom. The van der Waals surface area contributed by atoms with E-state index in [0.717, 1.165) is 36.1 Å². The Bertz CT molecular complexity index is 967. The summed E-state index contributed by atoms with van der Waals surface area (Å²) in [5, 5.41) is 13.4. The lowest BCUT2D eigenvalue weighted by Crippen LogP contribution is -2.40. The molecule has 1 aliphatic carbocycles. The highest BCUT2D eigenvalue weighted by Crippen LogP contribution is 2.34. The van der Waals surface area contributed by atoms with Crippen LogP contribution in [0.15, 0.2) is 4.79 Å². The minimum Gasteiger partial charge on any atom is -0.389 e. The third-order valence-corrected chi connectivity index (χ3v) is 6.54. The molecule has 0 aromatic carbocycles. The molecule has 0 saturated carbocycles. The van der Waals surface area contributed by atoms with E-state index >= 15 is 0 Å². The number of rotatable bonds is 7. The fourth-order valence-electron chi connectivity index (χ4n) is 3.93. The van der Waals surface area contributed by atoms with Crippen LogP contribution in [0.25, 0.3) is 10.2 Å². The van der Waals surface area contributed by atoms with Gasteiger partial charge in [-0.25, -0.2) is 4.98 Å². The van der Waals surface area contributed by atoms with Crippen molar-refractivity contribution in [3.63, 3.8) is 0 Å². The first-order valence-corrected chi connectivity index (χ1v) is 10.6. The van der Waals surface area contributed by atoms with Crippen LogP contribution in [0.1, 0.15) is 41.9 Å². The molecule has 0 bridgehead atoms. The van der Waals surface area contributed by atoms with Crippen molar-refractivity contribution in [2.24, 2.45) is 0 Å². The summed E-state index contributed by atoms with van der Waals surface area (Å²) < 4.78 is 0. The number of carbonyl (C=O) groups excluding carboxylic acids is 2. The average Bonchev–Trinajstić information content (AvgIpc) is 3.34. The zero-order chi connectivity index (χ0) is 19.7. The van der Waals surface area contributed by atoms with E-state index in [1.165, 1.54) is 4.88 Å². The number of nitrogens with one attached hydrogen (secondary N) is 2. The van der Waals surface area contributed by atoms with Crippen LogP contribution in [-0.4, -0.2) is 57.5 Å². The Kier molecular flexibility index (Phi) is 5.45. The van der Waals surface area contributed by atoms with Gasteiger partial charge >= 0.3 is 0 Å². The molecule has 150 valence electrons. The first kappa shape index (κ1) is 19.1. The summed E-state index contributed by atoms with van der Waals surface area (Å²) in [6, 6.07) is 0. The summed E-state index contributed by atoms with van der Waals surface area (Å²) >= 11 is 1.58. The normalized spacial score (nSPS) is 17.3. The molecule has 2 aliphatic rings. The van der Waals surface area contributed by atoms with E-state index < -0.39 is 6.10 Å². The minimum absolute atomic E-state index is 0.0513. The lowest BCUT2D eigenvalue weighted by atomic mass is 10.2. The summed E-state index contributed by atoms with van der Waals surface area (Å²) in [4.78, 5) is 47.0. The highest BCUT2D eigenvalue weighted by molar-refractivity contribution is 7.18. The SMILES string of the molecule is O=C(CCc1nc2sc3c(c2c(=O)[nH]1)CCC3)NCC(O)CN1CCCC1=O. The summed E-state index contributed by atoms with van der Waals surface area (Å²) in [5.74, 6) is 0.342. The third-order valence-electron chi connectivity index (χ3n) is 5.35. The first-order valence-electron chi connectivity index (χ1n) is 9.77. The zero-order valence-electron chi connectivity index (χ0n) is 15.6. The molecule has 1 atom stereocenters. The third kappa shape index (κ3) is 3.95. The number of likely N-dealkylation sites (tertiary alicyclic amines) is 1. The van der Waals surface area contributed by atoms with Crippen molar-refractivity contribution < 1.29 is 14.7 Å². The Morgan fingerprint density at radius 3 is 2.93 bits per heavy atom. The molecular formula is C19H24N4O4S. The van der Waals surface area contributed by atoms with Gasteiger partial charge in [0, 0.05) is 43.8 Å². The van der Waals surface area contributed by atoms with E-state index in [4.69, 9.17) is 0 Å². The second-order valence-electron chi connectivity index (χ2n) is 7.45. The maximum Gasteiger partial charge on any atom is 0.259 e. The van der Waals surface area contributed by atoms with E-state index in [1.54, 1.807) is 16.2 Å². The standard InChI is InChI=1S/C19H24N4O4S/c24-11(10-23-8-2-5-16(23)26)9-20-15(25)7-6-14-21-18(27)17-12-3-1-4-13(12)28-19(17)22-14/h11,24H,1-10H2,(H,20,25)(H,21,22,27). The van der Waals surface area contributed by atoms with Crippen LogP contribution in [0.4, 0.5) is 0 Å². The molecule has 1 saturated heterocycles. The Balaban J connectivity index is 1.29. The molecular weight excluding hydrogens is 380 g/mol. The van der Waals surface area contributed by atoms with Gasteiger partial charge in [-0.05, 0) is 31.2 Å². The van der Waals surface area contributed by atoms with E-state index in [1.807, 2.05) is 0 Å². The van der Waals surface area contributed by atoms with Crippen molar-refractivity contribution in [2.45, 2.75) is 51.0 Å². The lowest BCUT2D eigenvalue weighted by Gasteiger charge is -2.20. The van der Waals surface area contributed by atoms with Crippen molar-refractivity contribution in [3.8, 4) is 0 Å². The highest BCUT2D eigenvalue weighted by Gasteiger charge is 2.23. The Morgan fingerprint density at radius 1 is 1.29 bits per heavy atom. The van der Waals surface area contributed by atoms with Gasteiger partial charge in [-0.2, -0.15) is 0 Å². The van der Waals surface area contributed by atoms with Crippen molar-refractivity contribution in [1.82, 2.24) is 20.2 Å². The van der Waals surface area contributed by atoms with Gasteiger partial charge in [0.15, 0.2) is 0 Å². The van der Waals surface area contributed by atoms with Gasteiger partial charge in [-0.1, -0.05) is 0 Å². The van der Waals surface area contributed by atoms with E-state index in [0.29, 0.717) is 30.6 Å². The smallest absolute Gasteiger partial charge is 0.259 e. The number of carbonyl (C=O) groups is 2. The molecule has 2 amide bonds. The van der Waals surface area contributed by atoms with Crippen LogP contribution in [0.5, 0.6) is 0 Å². The molecule has 3 N–H and O–H groups in total. The fourth-order valence-corrected chi connectivity index (χ4v) is 5.21. The maximum atomic E-state index is 12.4. The molecule has 4 rings (SSSR count). The quantitative estimate of drug-likeness (QED) is 0.622. The van der Waals surface area contributed by atoms with Gasteiger partial charge in [0.1, 0.15) is 10.7 Å². The van der Waals surface area contributed by atoms with Crippen LogP contribution >= 0.6 is 11.3 Å². The molecule has 2 aromatic rings. The Labute approximate surface area is 166 Å². The fraction of sp³-hybridized carbons (Fsp3) is 0.579. The number of hydrogen-bond donors (Lipinski definition) is 3. The van der Waals surface area contributed by atoms with Gasteiger partial charge in [-0.15, -0.1) is 11.3 Å². The number of nitrogens with zero attached hydrogens (tertiary/aromatic N) is 2. The second kappa shape index (κ2) is 8.00. The van der Waals surface area contributed by atoms with Gasteiger partial charge in [0.05, 0.1) is 11.5 Å². The van der Waals surface area contributed by atoms with E-state index in [2.05, 4.69) is 15.3 Å². The summed E-state index contributed by atoms with van der Waals surface area (Å²) in [6.45, 7) is 1.01. The number of thiophene rings is 1. The van der Waals surface area contributed by atoms with Gasteiger partial charge in [-0.3, -0.25) is 14.4 Å². The molecule has 9 heteroatoms. The molecule has 3 heterocycles.